The van der Waals surface area contributed by atoms with Gasteiger partial charge in [0.1, 0.15) is 5.82 Å². The Bertz CT molecular complexity index is 637. The fourth-order valence-electron chi connectivity index (χ4n) is 3.80. The SMILES string of the molecule is COC[C@@H]1CN(C2CCC2)C[C@H]1c1nc(-c2ccccc2)n[nH]1. The third-order valence-electron chi connectivity index (χ3n) is 5.33. The van der Waals surface area contributed by atoms with Gasteiger partial charge in [-0.25, -0.2) is 4.98 Å². The number of aromatic amines is 1. The number of likely N-dealkylation sites (tertiary alicyclic amines) is 1. The summed E-state index contributed by atoms with van der Waals surface area (Å²) in [7, 11) is 1.79. The van der Waals surface area contributed by atoms with Crippen molar-refractivity contribution < 1.29 is 4.74 Å². The summed E-state index contributed by atoms with van der Waals surface area (Å²) in [6.07, 6.45) is 4.07. The summed E-state index contributed by atoms with van der Waals surface area (Å²) in [4.78, 5) is 7.41. The molecule has 0 amide bonds. The van der Waals surface area contributed by atoms with Crippen LogP contribution in [0.2, 0.25) is 0 Å². The average molecular weight is 312 g/mol. The molecule has 0 bridgehead atoms. The Morgan fingerprint density at radius 1 is 1.22 bits per heavy atom. The molecule has 0 unspecified atom stereocenters. The van der Waals surface area contributed by atoms with Gasteiger partial charge in [0.05, 0.1) is 6.61 Å². The summed E-state index contributed by atoms with van der Waals surface area (Å²) in [5.74, 6) is 2.68. The molecule has 23 heavy (non-hydrogen) atoms. The highest BCUT2D eigenvalue weighted by Crippen LogP contribution is 2.37. The van der Waals surface area contributed by atoms with E-state index < -0.39 is 0 Å². The molecule has 1 aliphatic carbocycles. The third-order valence-corrected chi connectivity index (χ3v) is 5.33. The molecule has 1 aromatic carbocycles. The van der Waals surface area contributed by atoms with Crippen LogP contribution in [0.25, 0.3) is 11.4 Å². The van der Waals surface area contributed by atoms with Crippen LogP contribution in [0.15, 0.2) is 30.3 Å². The van der Waals surface area contributed by atoms with Crippen LogP contribution >= 0.6 is 0 Å². The van der Waals surface area contributed by atoms with Crippen molar-refractivity contribution in [3.05, 3.63) is 36.2 Å². The van der Waals surface area contributed by atoms with E-state index in [1.165, 1.54) is 19.3 Å². The predicted octanol–water partition coefficient (Wildman–Crippen LogP) is 2.69. The zero-order chi connectivity index (χ0) is 15.6. The molecule has 0 radical (unpaired) electrons. The molecular formula is C18H24N4O. The maximum absolute atomic E-state index is 5.46. The molecule has 2 heterocycles. The Hall–Kier alpha value is -1.72. The molecule has 2 fully saturated rings. The van der Waals surface area contributed by atoms with Gasteiger partial charge in [0, 0.05) is 43.6 Å². The number of methoxy groups -OCH3 is 1. The zero-order valence-corrected chi connectivity index (χ0v) is 13.6. The van der Waals surface area contributed by atoms with Crippen molar-refractivity contribution >= 4 is 0 Å². The Balaban J connectivity index is 1.54. The quantitative estimate of drug-likeness (QED) is 0.922. The lowest BCUT2D eigenvalue weighted by atomic mass is 9.92. The first-order valence-corrected chi connectivity index (χ1v) is 8.56. The van der Waals surface area contributed by atoms with Crippen molar-refractivity contribution in [1.82, 2.24) is 20.1 Å². The first-order valence-electron chi connectivity index (χ1n) is 8.56. The average Bonchev–Trinajstić information content (AvgIpc) is 3.14. The summed E-state index contributed by atoms with van der Waals surface area (Å²) >= 11 is 0. The summed E-state index contributed by atoms with van der Waals surface area (Å²) in [5, 5.41) is 7.62. The molecule has 1 saturated heterocycles. The molecule has 1 N–H and O–H groups in total. The van der Waals surface area contributed by atoms with Crippen LogP contribution in [0.1, 0.15) is 31.0 Å². The molecule has 5 nitrogen and oxygen atoms in total. The minimum absolute atomic E-state index is 0.389. The molecule has 5 heteroatoms. The molecular weight excluding hydrogens is 288 g/mol. The summed E-state index contributed by atoms with van der Waals surface area (Å²) in [6, 6.07) is 10.9. The van der Waals surface area contributed by atoms with Gasteiger partial charge in [0.2, 0.25) is 0 Å². The van der Waals surface area contributed by atoms with Crippen molar-refractivity contribution in [1.29, 1.82) is 0 Å². The van der Waals surface area contributed by atoms with Crippen molar-refractivity contribution in [2.75, 3.05) is 26.8 Å². The van der Waals surface area contributed by atoms with Crippen LogP contribution in [0.4, 0.5) is 0 Å². The van der Waals surface area contributed by atoms with Gasteiger partial charge in [-0.3, -0.25) is 10.00 Å². The first kappa shape index (κ1) is 14.8. The highest BCUT2D eigenvalue weighted by atomic mass is 16.5. The van der Waals surface area contributed by atoms with Crippen LogP contribution in [0.5, 0.6) is 0 Å². The highest BCUT2D eigenvalue weighted by Gasteiger charge is 2.40. The number of aromatic nitrogens is 3. The summed E-state index contributed by atoms with van der Waals surface area (Å²) in [6.45, 7) is 2.97. The van der Waals surface area contributed by atoms with Crippen LogP contribution in [-0.4, -0.2) is 52.9 Å². The number of H-pyrrole nitrogens is 1. The Kier molecular flexibility index (Phi) is 4.14. The van der Waals surface area contributed by atoms with Crippen molar-refractivity contribution in [3.8, 4) is 11.4 Å². The number of hydrogen-bond acceptors (Lipinski definition) is 4. The highest BCUT2D eigenvalue weighted by molar-refractivity contribution is 5.53. The van der Waals surface area contributed by atoms with E-state index in [2.05, 4.69) is 27.2 Å². The maximum atomic E-state index is 5.46. The van der Waals surface area contributed by atoms with E-state index in [0.29, 0.717) is 11.8 Å². The van der Waals surface area contributed by atoms with Gasteiger partial charge in [-0.1, -0.05) is 36.8 Å². The van der Waals surface area contributed by atoms with Gasteiger partial charge in [0.25, 0.3) is 0 Å². The molecule has 4 rings (SSSR count). The molecule has 2 aliphatic rings. The van der Waals surface area contributed by atoms with E-state index in [1.807, 2.05) is 18.2 Å². The Morgan fingerprint density at radius 3 is 2.74 bits per heavy atom. The summed E-state index contributed by atoms with van der Waals surface area (Å²) < 4.78 is 5.46. The number of nitrogens with zero attached hydrogens (tertiary/aromatic N) is 3. The lowest BCUT2D eigenvalue weighted by Gasteiger charge is -2.34. The lowest BCUT2D eigenvalue weighted by Crippen LogP contribution is -2.38. The Labute approximate surface area is 137 Å². The Morgan fingerprint density at radius 2 is 2.04 bits per heavy atom. The second-order valence-electron chi connectivity index (χ2n) is 6.77. The third kappa shape index (κ3) is 2.91. The standard InChI is InChI=1S/C18H24N4O/c1-23-12-14-10-22(15-8-5-9-15)11-16(14)18-19-17(20-21-18)13-6-3-2-4-7-13/h2-4,6-7,14-16H,5,8-12H2,1H3,(H,19,20,21)/t14-,16+/m0/s1. The van der Waals surface area contributed by atoms with Crippen LogP contribution in [0.3, 0.4) is 0 Å². The molecule has 1 saturated carbocycles. The van der Waals surface area contributed by atoms with E-state index in [-0.39, 0.29) is 0 Å². The minimum atomic E-state index is 0.389. The molecule has 1 aromatic heterocycles. The molecule has 0 spiro atoms. The topological polar surface area (TPSA) is 54.0 Å². The number of hydrogen-bond donors (Lipinski definition) is 1. The van der Waals surface area contributed by atoms with Crippen LogP contribution < -0.4 is 0 Å². The van der Waals surface area contributed by atoms with E-state index in [4.69, 9.17) is 9.72 Å². The largest absolute Gasteiger partial charge is 0.384 e. The normalized spacial score (nSPS) is 25.6. The second kappa shape index (κ2) is 6.42. The number of nitrogens with one attached hydrogen (secondary N) is 1. The number of ether oxygens (including phenoxy) is 1. The lowest BCUT2D eigenvalue weighted by molar-refractivity contribution is 0.125. The van der Waals surface area contributed by atoms with Gasteiger partial charge in [-0.2, -0.15) is 5.10 Å². The van der Waals surface area contributed by atoms with Gasteiger partial charge in [0.15, 0.2) is 5.82 Å². The zero-order valence-electron chi connectivity index (χ0n) is 13.6. The van der Waals surface area contributed by atoms with Gasteiger partial charge in [-0.15, -0.1) is 0 Å². The van der Waals surface area contributed by atoms with Crippen molar-refractivity contribution in [2.45, 2.75) is 31.2 Å². The van der Waals surface area contributed by atoms with Crippen LogP contribution in [-0.2, 0) is 4.74 Å². The van der Waals surface area contributed by atoms with Gasteiger partial charge < -0.3 is 4.74 Å². The smallest absolute Gasteiger partial charge is 0.181 e. The first-order chi connectivity index (χ1) is 11.3. The van der Waals surface area contributed by atoms with E-state index in [1.54, 1.807) is 7.11 Å². The van der Waals surface area contributed by atoms with E-state index in [0.717, 1.165) is 43.0 Å². The van der Waals surface area contributed by atoms with Gasteiger partial charge >= 0.3 is 0 Å². The minimum Gasteiger partial charge on any atom is -0.384 e. The van der Waals surface area contributed by atoms with E-state index >= 15 is 0 Å². The fraction of sp³-hybridized carbons (Fsp3) is 0.556. The molecule has 122 valence electrons. The second-order valence-corrected chi connectivity index (χ2v) is 6.77. The number of benzene rings is 1. The number of rotatable bonds is 5. The van der Waals surface area contributed by atoms with E-state index in [9.17, 15) is 0 Å². The van der Waals surface area contributed by atoms with Gasteiger partial charge in [-0.05, 0) is 12.8 Å². The maximum Gasteiger partial charge on any atom is 0.181 e. The van der Waals surface area contributed by atoms with Crippen LogP contribution in [0, 0.1) is 5.92 Å². The van der Waals surface area contributed by atoms with Crippen molar-refractivity contribution in [2.24, 2.45) is 5.92 Å². The monoisotopic (exact) mass is 312 g/mol. The van der Waals surface area contributed by atoms with Crippen molar-refractivity contribution in [3.63, 3.8) is 0 Å². The fourth-order valence-corrected chi connectivity index (χ4v) is 3.80. The summed E-state index contributed by atoms with van der Waals surface area (Å²) in [5.41, 5.74) is 1.06. The molecule has 2 atom stereocenters. The molecule has 2 aromatic rings. The molecule has 1 aliphatic heterocycles. The predicted molar refractivity (Wildman–Crippen MR) is 89.1 cm³/mol.